The molecule has 0 atom stereocenters. The molecular weight excluding hydrogens is 320 g/mol. The van der Waals surface area contributed by atoms with E-state index in [4.69, 9.17) is 9.84 Å². The van der Waals surface area contributed by atoms with Crippen LogP contribution in [0.25, 0.3) is 0 Å². The number of hydrogen-bond acceptors (Lipinski definition) is 4. The molecule has 0 aromatic heterocycles. The Morgan fingerprint density at radius 2 is 1.92 bits per heavy atom. The van der Waals surface area contributed by atoms with Crippen LogP contribution in [0.15, 0.2) is 42.5 Å². The number of carboxylic acids is 1. The van der Waals surface area contributed by atoms with Gasteiger partial charge in [0.05, 0.1) is 12.1 Å². The quantitative estimate of drug-likeness (QED) is 0.788. The van der Waals surface area contributed by atoms with E-state index in [0.717, 1.165) is 12.1 Å². The standard InChI is InChI=1S/C17H15F2NO4/c1-11(21)9-20(14-4-2-3-12(7-14)17(22)23)10-24-16-6-5-13(18)8-15(16)19/h2-8H,9-10H2,1H3,(H,22,23). The average molecular weight is 335 g/mol. The van der Waals surface area contributed by atoms with Gasteiger partial charge in [0.1, 0.15) is 11.6 Å². The Kier molecular flexibility index (Phi) is 5.47. The van der Waals surface area contributed by atoms with Crippen molar-refractivity contribution in [3.05, 3.63) is 59.7 Å². The van der Waals surface area contributed by atoms with Crippen LogP contribution in [0, 0.1) is 11.6 Å². The number of carbonyl (C=O) groups is 2. The van der Waals surface area contributed by atoms with Crippen molar-refractivity contribution in [2.75, 3.05) is 18.2 Å². The number of benzene rings is 2. The van der Waals surface area contributed by atoms with Crippen molar-refractivity contribution < 1.29 is 28.2 Å². The first kappa shape index (κ1) is 17.4. The lowest BCUT2D eigenvalue weighted by atomic mass is 10.2. The van der Waals surface area contributed by atoms with Gasteiger partial charge in [-0.15, -0.1) is 0 Å². The third-order valence-corrected chi connectivity index (χ3v) is 3.14. The number of ketones is 1. The summed E-state index contributed by atoms with van der Waals surface area (Å²) in [7, 11) is 0. The lowest BCUT2D eigenvalue weighted by molar-refractivity contribution is -0.115. The number of halogens is 2. The molecule has 0 spiro atoms. The zero-order chi connectivity index (χ0) is 17.7. The Balaban J connectivity index is 2.20. The van der Waals surface area contributed by atoms with Gasteiger partial charge in [-0.2, -0.15) is 0 Å². The number of anilines is 1. The second kappa shape index (κ2) is 7.54. The maximum atomic E-state index is 13.6. The van der Waals surface area contributed by atoms with Crippen molar-refractivity contribution in [3.63, 3.8) is 0 Å². The van der Waals surface area contributed by atoms with Crippen LogP contribution in [0.1, 0.15) is 17.3 Å². The van der Waals surface area contributed by atoms with Crippen molar-refractivity contribution in [2.24, 2.45) is 0 Å². The predicted octanol–water partition coefficient (Wildman–Crippen LogP) is 3.09. The number of carbonyl (C=O) groups excluding carboxylic acids is 1. The normalized spacial score (nSPS) is 10.3. The highest BCUT2D eigenvalue weighted by molar-refractivity contribution is 5.89. The summed E-state index contributed by atoms with van der Waals surface area (Å²) in [5.41, 5.74) is 0.488. The van der Waals surface area contributed by atoms with E-state index in [2.05, 4.69) is 0 Å². The lowest BCUT2D eigenvalue weighted by Gasteiger charge is -2.24. The van der Waals surface area contributed by atoms with Gasteiger partial charge in [-0.25, -0.2) is 13.6 Å². The minimum Gasteiger partial charge on any atom is -0.478 e. The van der Waals surface area contributed by atoms with Crippen LogP contribution >= 0.6 is 0 Å². The van der Waals surface area contributed by atoms with Gasteiger partial charge in [0.2, 0.25) is 0 Å². The molecule has 0 amide bonds. The van der Waals surface area contributed by atoms with E-state index < -0.39 is 17.6 Å². The fourth-order valence-electron chi connectivity index (χ4n) is 2.06. The highest BCUT2D eigenvalue weighted by Gasteiger charge is 2.13. The van der Waals surface area contributed by atoms with E-state index in [1.807, 2.05) is 0 Å². The summed E-state index contributed by atoms with van der Waals surface area (Å²) in [6.45, 7) is 1.11. The molecule has 0 heterocycles. The van der Waals surface area contributed by atoms with Crippen LogP contribution in [-0.2, 0) is 4.79 Å². The summed E-state index contributed by atoms with van der Waals surface area (Å²) >= 11 is 0. The Labute approximate surface area is 137 Å². The highest BCUT2D eigenvalue weighted by atomic mass is 19.1. The monoisotopic (exact) mass is 335 g/mol. The van der Waals surface area contributed by atoms with E-state index in [-0.39, 0.29) is 30.4 Å². The third kappa shape index (κ3) is 4.52. The van der Waals surface area contributed by atoms with E-state index in [0.29, 0.717) is 11.8 Å². The summed E-state index contributed by atoms with van der Waals surface area (Å²) in [6, 6.07) is 8.83. The van der Waals surface area contributed by atoms with Gasteiger partial charge in [0.15, 0.2) is 18.3 Å². The number of Topliss-reactive ketones (excluding diaryl/α,β-unsaturated/α-hetero) is 1. The first-order chi connectivity index (χ1) is 11.4. The van der Waals surface area contributed by atoms with E-state index in [1.165, 1.54) is 30.0 Å². The fraction of sp³-hybridized carbons (Fsp3) is 0.176. The molecule has 24 heavy (non-hydrogen) atoms. The number of hydrogen-bond donors (Lipinski definition) is 1. The molecule has 0 radical (unpaired) electrons. The molecule has 126 valence electrons. The number of aromatic carboxylic acids is 1. The molecule has 0 saturated heterocycles. The molecule has 1 N–H and O–H groups in total. The molecule has 0 bridgehead atoms. The molecule has 0 unspecified atom stereocenters. The summed E-state index contributed by atoms with van der Waals surface area (Å²) < 4.78 is 31.8. The summed E-state index contributed by atoms with van der Waals surface area (Å²) in [6.07, 6.45) is 0. The van der Waals surface area contributed by atoms with Crippen molar-refractivity contribution in [3.8, 4) is 5.75 Å². The smallest absolute Gasteiger partial charge is 0.335 e. The van der Waals surface area contributed by atoms with Crippen LogP contribution in [0.3, 0.4) is 0 Å². The first-order valence-corrected chi connectivity index (χ1v) is 7.02. The lowest BCUT2D eigenvalue weighted by Crippen LogP contribution is -2.32. The molecule has 0 aliphatic heterocycles. The van der Waals surface area contributed by atoms with Gasteiger partial charge >= 0.3 is 5.97 Å². The van der Waals surface area contributed by atoms with Crippen LogP contribution < -0.4 is 9.64 Å². The Morgan fingerprint density at radius 1 is 1.17 bits per heavy atom. The van der Waals surface area contributed by atoms with Gasteiger partial charge in [0.25, 0.3) is 0 Å². The van der Waals surface area contributed by atoms with Crippen molar-refractivity contribution in [1.82, 2.24) is 0 Å². The fourth-order valence-corrected chi connectivity index (χ4v) is 2.06. The minimum absolute atomic E-state index is 0.0497. The average Bonchev–Trinajstić information content (AvgIpc) is 2.52. The minimum atomic E-state index is -1.11. The zero-order valence-electron chi connectivity index (χ0n) is 12.8. The van der Waals surface area contributed by atoms with Gasteiger partial charge in [-0.1, -0.05) is 6.07 Å². The number of rotatable bonds is 7. The largest absolute Gasteiger partial charge is 0.478 e. The predicted molar refractivity (Wildman–Crippen MR) is 83.3 cm³/mol. The molecule has 0 fully saturated rings. The molecule has 2 aromatic carbocycles. The van der Waals surface area contributed by atoms with E-state index in [9.17, 15) is 18.4 Å². The number of carboxylic acid groups (broad SMARTS) is 1. The molecule has 0 aliphatic carbocycles. The molecule has 5 nitrogen and oxygen atoms in total. The van der Waals surface area contributed by atoms with E-state index in [1.54, 1.807) is 6.07 Å². The van der Waals surface area contributed by atoms with E-state index >= 15 is 0 Å². The van der Waals surface area contributed by atoms with Crippen LogP contribution in [0.4, 0.5) is 14.5 Å². The number of ether oxygens (including phenoxy) is 1. The van der Waals surface area contributed by atoms with Gasteiger partial charge in [0, 0.05) is 11.8 Å². The molecule has 2 aromatic rings. The summed E-state index contributed by atoms with van der Waals surface area (Å²) in [5, 5.41) is 9.04. The highest BCUT2D eigenvalue weighted by Crippen LogP contribution is 2.20. The third-order valence-electron chi connectivity index (χ3n) is 3.14. The Bertz CT molecular complexity index is 764. The maximum Gasteiger partial charge on any atom is 0.335 e. The summed E-state index contributed by atoms with van der Waals surface area (Å²) in [4.78, 5) is 23.9. The van der Waals surface area contributed by atoms with Crippen molar-refractivity contribution in [1.29, 1.82) is 0 Å². The van der Waals surface area contributed by atoms with Gasteiger partial charge in [-0.3, -0.25) is 4.79 Å². The Hall–Kier alpha value is -2.96. The maximum absolute atomic E-state index is 13.6. The second-order valence-corrected chi connectivity index (χ2v) is 5.10. The number of nitrogens with zero attached hydrogens (tertiary/aromatic N) is 1. The van der Waals surface area contributed by atoms with Crippen LogP contribution in [0.5, 0.6) is 5.75 Å². The van der Waals surface area contributed by atoms with Crippen molar-refractivity contribution >= 4 is 17.4 Å². The molecule has 2 rings (SSSR count). The molecule has 0 saturated carbocycles. The molecule has 7 heteroatoms. The van der Waals surface area contributed by atoms with Gasteiger partial charge < -0.3 is 14.7 Å². The zero-order valence-corrected chi connectivity index (χ0v) is 12.8. The van der Waals surface area contributed by atoms with Crippen molar-refractivity contribution in [2.45, 2.75) is 6.92 Å². The van der Waals surface area contributed by atoms with Crippen LogP contribution in [-0.4, -0.2) is 30.1 Å². The topological polar surface area (TPSA) is 66.8 Å². The first-order valence-electron chi connectivity index (χ1n) is 7.02. The van der Waals surface area contributed by atoms with Crippen LogP contribution in [0.2, 0.25) is 0 Å². The Morgan fingerprint density at radius 3 is 2.54 bits per heavy atom. The SMILES string of the molecule is CC(=O)CN(COc1ccc(F)cc1F)c1cccc(C(=O)O)c1. The summed E-state index contributed by atoms with van der Waals surface area (Å²) in [5.74, 6) is -3.05. The molecular formula is C17H15F2NO4. The molecule has 0 aliphatic rings. The van der Waals surface area contributed by atoms with Gasteiger partial charge in [-0.05, 0) is 37.3 Å². The second-order valence-electron chi connectivity index (χ2n) is 5.10.